The summed E-state index contributed by atoms with van der Waals surface area (Å²) in [6.45, 7) is 1.68. The summed E-state index contributed by atoms with van der Waals surface area (Å²) in [4.78, 5) is 84.9. The molecule has 14 nitrogen and oxygen atoms in total. The lowest BCUT2D eigenvalue weighted by atomic mass is 10.0. The Hall–Kier alpha value is -4.54. The topological polar surface area (TPSA) is 189 Å². The number of hydrogen-bond acceptors (Lipinski definition) is 10. The lowest BCUT2D eigenvalue weighted by molar-refractivity contribution is -0.137. The van der Waals surface area contributed by atoms with Crippen molar-refractivity contribution >= 4 is 63.1 Å². The number of carbonyl (C=O) groups excluding carboxylic acids is 6. The molecule has 0 spiro atoms. The maximum Gasteiger partial charge on any atom is 0.247 e. The number of hydrogen-bond donors (Lipinski definition) is 6. The van der Waals surface area contributed by atoms with Gasteiger partial charge in [0.2, 0.25) is 35.4 Å². The van der Waals surface area contributed by atoms with Crippen LogP contribution >= 0.6 is 21.6 Å². The Morgan fingerprint density at radius 2 is 1.59 bits per heavy atom. The molecule has 288 valence electrons. The van der Waals surface area contributed by atoms with Crippen LogP contribution in [-0.4, -0.2) is 118 Å². The fraction of sp³-hybridized carbons (Fsp3) is 0.474. The van der Waals surface area contributed by atoms with E-state index >= 15 is 0 Å². The number of carbonyl (C=O) groups is 6. The molecule has 0 aromatic heterocycles. The van der Waals surface area contributed by atoms with Crippen LogP contribution in [0.25, 0.3) is 6.08 Å². The predicted octanol–water partition coefficient (Wildman–Crippen LogP) is 1.31. The molecule has 4 fully saturated rings. The van der Waals surface area contributed by atoms with Crippen LogP contribution in [0, 0.1) is 0 Å². The first-order valence-electron chi connectivity index (χ1n) is 18.4. The fourth-order valence-corrected chi connectivity index (χ4v) is 9.63. The molecule has 2 aromatic carbocycles. The number of aromatic hydroxyl groups is 1. The van der Waals surface area contributed by atoms with Gasteiger partial charge in [0.25, 0.3) is 0 Å². The number of nitrogens with zero attached hydrogens (tertiary/aromatic N) is 2. The molecule has 16 heteroatoms. The van der Waals surface area contributed by atoms with Crippen LogP contribution in [0.4, 0.5) is 0 Å². The summed E-state index contributed by atoms with van der Waals surface area (Å²) in [7, 11) is 2.58. The van der Waals surface area contributed by atoms with Crippen molar-refractivity contribution in [3.05, 3.63) is 71.9 Å². The van der Waals surface area contributed by atoms with Gasteiger partial charge in [-0.2, -0.15) is 0 Å². The van der Waals surface area contributed by atoms with E-state index in [1.165, 1.54) is 39.9 Å². The summed E-state index contributed by atoms with van der Waals surface area (Å²) in [6, 6.07) is 11.5. The van der Waals surface area contributed by atoms with Gasteiger partial charge < -0.3 is 36.6 Å². The molecular weight excluding hydrogens is 731 g/mol. The zero-order chi connectivity index (χ0) is 38.0. The van der Waals surface area contributed by atoms with Crippen molar-refractivity contribution < 1.29 is 33.9 Å². The lowest BCUT2D eigenvalue weighted by Gasteiger charge is -2.34. The van der Waals surface area contributed by atoms with Crippen LogP contribution in [0.2, 0.25) is 0 Å². The second-order valence-corrected chi connectivity index (χ2v) is 16.6. The largest absolute Gasteiger partial charge is 0.508 e. The van der Waals surface area contributed by atoms with E-state index in [0.29, 0.717) is 32.5 Å². The van der Waals surface area contributed by atoms with Gasteiger partial charge >= 0.3 is 0 Å². The van der Waals surface area contributed by atoms with E-state index in [1.54, 1.807) is 18.2 Å². The number of rotatable bonds is 7. The van der Waals surface area contributed by atoms with Crippen LogP contribution in [0.5, 0.6) is 5.75 Å². The average molecular weight is 778 g/mol. The molecule has 2 aromatic rings. The average Bonchev–Trinajstić information content (AvgIpc) is 3.94. The van der Waals surface area contributed by atoms with E-state index in [2.05, 4.69) is 31.5 Å². The Balaban J connectivity index is 1.25. The summed E-state index contributed by atoms with van der Waals surface area (Å²) in [6.07, 6.45) is 6.86. The van der Waals surface area contributed by atoms with E-state index in [1.807, 2.05) is 35.2 Å². The van der Waals surface area contributed by atoms with Crippen LogP contribution in [-0.2, 0) is 35.2 Å². The molecule has 4 saturated heterocycles. The van der Waals surface area contributed by atoms with Gasteiger partial charge in [0.1, 0.15) is 29.9 Å². The SMILES string of the molecule is O=C1CC[C@@H](C(=O)N[C@H]2CSSC[C@@H](C(=O)N/C=C/c3ccc(O)cc3)NC(=O)[C@H](Cc3ccccc3)NC(=O)[C@@H]3CCCN3C[C@@H]3CCCN3C2=O)N1. The molecule has 6 atom stereocenters. The van der Waals surface area contributed by atoms with E-state index in [4.69, 9.17) is 0 Å². The highest BCUT2D eigenvalue weighted by Gasteiger charge is 2.40. The fourth-order valence-electron chi connectivity index (χ4n) is 7.31. The van der Waals surface area contributed by atoms with E-state index in [-0.39, 0.29) is 53.9 Å². The first kappa shape index (κ1) is 39.2. The molecule has 0 bridgehead atoms. The molecular formula is C38H47N7O7S2. The number of benzene rings is 2. The van der Waals surface area contributed by atoms with Crippen molar-refractivity contribution in [3.8, 4) is 5.75 Å². The summed E-state index contributed by atoms with van der Waals surface area (Å²) in [5.41, 5.74) is 1.58. The van der Waals surface area contributed by atoms with Crippen LogP contribution in [0.15, 0.2) is 60.8 Å². The van der Waals surface area contributed by atoms with E-state index in [9.17, 15) is 33.9 Å². The van der Waals surface area contributed by atoms with E-state index in [0.717, 1.165) is 30.4 Å². The Labute approximate surface area is 322 Å². The molecule has 4 aliphatic rings. The lowest BCUT2D eigenvalue weighted by Crippen LogP contribution is -2.58. The summed E-state index contributed by atoms with van der Waals surface area (Å²) in [5, 5.41) is 23.8. The van der Waals surface area contributed by atoms with Crippen molar-refractivity contribution in [1.82, 2.24) is 36.4 Å². The first-order valence-corrected chi connectivity index (χ1v) is 20.9. The number of fused-ring (bicyclic) bond motifs is 2. The molecule has 6 rings (SSSR count). The van der Waals surface area contributed by atoms with E-state index < -0.39 is 47.9 Å². The normalized spacial score (nSPS) is 27.4. The summed E-state index contributed by atoms with van der Waals surface area (Å²) >= 11 is 0. The van der Waals surface area contributed by atoms with Gasteiger partial charge in [-0.1, -0.05) is 64.1 Å². The summed E-state index contributed by atoms with van der Waals surface area (Å²) < 4.78 is 0. The number of nitrogens with one attached hydrogen (secondary N) is 5. The molecule has 0 saturated carbocycles. The number of amides is 6. The second kappa shape index (κ2) is 18.7. The number of phenolic OH excluding ortho intramolecular Hbond substituents is 1. The zero-order valence-electron chi connectivity index (χ0n) is 29.9. The Bertz CT molecular complexity index is 1710. The Kier molecular flexibility index (Phi) is 13.5. The molecule has 0 unspecified atom stereocenters. The van der Waals surface area contributed by atoms with Crippen LogP contribution in [0.3, 0.4) is 0 Å². The highest BCUT2D eigenvalue weighted by atomic mass is 33.1. The summed E-state index contributed by atoms with van der Waals surface area (Å²) in [5.74, 6) is -1.72. The zero-order valence-corrected chi connectivity index (χ0v) is 31.5. The predicted molar refractivity (Wildman–Crippen MR) is 207 cm³/mol. The molecule has 6 N–H and O–H groups in total. The minimum Gasteiger partial charge on any atom is -0.508 e. The quantitative estimate of drug-likeness (QED) is 0.224. The van der Waals surface area contributed by atoms with Crippen molar-refractivity contribution in [2.75, 3.05) is 31.1 Å². The molecule has 0 aliphatic carbocycles. The maximum atomic E-state index is 14.2. The van der Waals surface area contributed by atoms with Crippen LogP contribution < -0.4 is 26.6 Å². The van der Waals surface area contributed by atoms with Gasteiger partial charge in [0, 0.05) is 49.7 Å². The number of phenols is 1. The van der Waals surface area contributed by atoms with Gasteiger partial charge in [-0.15, -0.1) is 0 Å². The van der Waals surface area contributed by atoms with Crippen molar-refractivity contribution in [1.29, 1.82) is 0 Å². The molecule has 54 heavy (non-hydrogen) atoms. The smallest absolute Gasteiger partial charge is 0.247 e. The maximum absolute atomic E-state index is 14.2. The molecule has 6 amide bonds. The van der Waals surface area contributed by atoms with Gasteiger partial charge in [-0.05, 0) is 68.0 Å². The second-order valence-electron chi connectivity index (χ2n) is 14.0. The van der Waals surface area contributed by atoms with Crippen LogP contribution in [0.1, 0.15) is 49.7 Å². The highest BCUT2D eigenvalue weighted by Crippen LogP contribution is 2.28. The first-order chi connectivity index (χ1) is 26.1. The molecule has 4 heterocycles. The monoisotopic (exact) mass is 777 g/mol. The van der Waals surface area contributed by atoms with Gasteiger partial charge in [0.15, 0.2) is 0 Å². The van der Waals surface area contributed by atoms with Gasteiger partial charge in [-0.25, -0.2) is 0 Å². The standard InChI is InChI=1S/C38H47N7O7S2/c46-27-12-10-24(11-13-27)16-17-39-34(48)30-22-53-54-23-31(43-35(49)28-14-15-33(47)40-28)38(52)45-19-4-8-26(45)21-44-18-5-9-32(44)37(51)41-29(36(50)42-30)20-25-6-2-1-3-7-25/h1-3,6-7,10-13,16-17,26,28-32,46H,4-5,8-9,14-15,18-23H2,(H,39,48)(H,40,47)(H,41,51)(H,42,50)(H,43,49)/b17-16+/t26-,28-,29-,30-,31-,32-/m0/s1. The highest BCUT2D eigenvalue weighted by molar-refractivity contribution is 8.76. The van der Waals surface area contributed by atoms with Gasteiger partial charge in [0.05, 0.1) is 6.04 Å². The van der Waals surface area contributed by atoms with Crippen molar-refractivity contribution in [2.45, 2.75) is 81.2 Å². The Morgan fingerprint density at radius 3 is 2.35 bits per heavy atom. The third-order valence-electron chi connectivity index (χ3n) is 10.2. The third-order valence-corrected chi connectivity index (χ3v) is 12.6. The molecule has 0 radical (unpaired) electrons. The Morgan fingerprint density at radius 1 is 0.833 bits per heavy atom. The molecule has 4 aliphatic heterocycles. The minimum atomic E-state index is -1.03. The minimum absolute atomic E-state index is 0.109. The van der Waals surface area contributed by atoms with Crippen molar-refractivity contribution in [2.24, 2.45) is 0 Å². The third kappa shape index (κ3) is 10.4. The van der Waals surface area contributed by atoms with Crippen molar-refractivity contribution in [3.63, 3.8) is 0 Å². The van der Waals surface area contributed by atoms with Gasteiger partial charge in [-0.3, -0.25) is 33.7 Å².